The highest BCUT2D eigenvalue weighted by atomic mass is 32.2. The Balaban J connectivity index is 1.92. The molecular formula is C16H19NO5S. The molecule has 0 spiro atoms. The third kappa shape index (κ3) is 4.98. The fraction of sp³-hybridized carbons (Fsp3) is 0.438. The second kappa shape index (κ2) is 7.99. The molecule has 0 bridgehead atoms. The van der Waals surface area contributed by atoms with Crippen molar-refractivity contribution in [2.24, 2.45) is 5.92 Å². The molecule has 0 amide bonds. The predicted octanol–water partition coefficient (Wildman–Crippen LogP) is 2.02. The molecule has 23 heavy (non-hydrogen) atoms. The maximum Gasteiger partial charge on any atom is 0.329 e. The number of ether oxygens (including phenoxy) is 1. The van der Waals surface area contributed by atoms with E-state index >= 15 is 0 Å². The minimum Gasteiger partial charge on any atom is -0.481 e. The summed E-state index contributed by atoms with van der Waals surface area (Å²) in [4.78, 5) is 18.3. The van der Waals surface area contributed by atoms with Crippen molar-refractivity contribution in [1.29, 1.82) is 0 Å². The molecule has 1 fully saturated rings. The monoisotopic (exact) mass is 337 g/mol. The van der Waals surface area contributed by atoms with E-state index in [0.717, 1.165) is 25.7 Å². The van der Waals surface area contributed by atoms with Crippen LogP contribution in [-0.2, 0) is 19.7 Å². The van der Waals surface area contributed by atoms with E-state index in [1.165, 1.54) is 24.3 Å². The number of hydrogen-bond donors (Lipinski definition) is 1. The van der Waals surface area contributed by atoms with E-state index in [-0.39, 0.29) is 17.4 Å². The predicted molar refractivity (Wildman–Crippen MR) is 83.8 cm³/mol. The first-order chi connectivity index (χ1) is 11.0. The highest BCUT2D eigenvalue weighted by molar-refractivity contribution is 7.89. The van der Waals surface area contributed by atoms with Gasteiger partial charge in [-0.2, -0.15) is 0 Å². The zero-order valence-corrected chi connectivity index (χ0v) is 13.7. The second-order valence-corrected chi connectivity index (χ2v) is 6.82. The fourth-order valence-electron chi connectivity index (χ4n) is 2.30. The van der Waals surface area contributed by atoms with Crippen molar-refractivity contribution in [1.82, 2.24) is 4.89 Å². The molecule has 1 aromatic carbocycles. The van der Waals surface area contributed by atoms with Crippen molar-refractivity contribution in [3.63, 3.8) is 0 Å². The zero-order chi connectivity index (χ0) is 16.7. The van der Waals surface area contributed by atoms with Crippen molar-refractivity contribution in [2.75, 3.05) is 6.61 Å². The lowest BCUT2D eigenvalue weighted by atomic mass is 10.1. The van der Waals surface area contributed by atoms with Crippen LogP contribution >= 0.6 is 0 Å². The van der Waals surface area contributed by atoms with Crippen molar-refractivity contribution < 1.29 is 22.8 Å². The zero-order valence-electron chi connectivity index (χ0n) is 12.9. The normalized spacial score (nSPS) is 14.8. The van der Waals surface area contributed by atoms with Gasteiger partial charge >= 0.3 is 5.97 Å². The molecule has 1 aliphatic rings. The van der Waals surface area contributed by atoms with Crippen LogP contribution in [0.5, 0.6) is 5.75 Å². The first kappa shape index (κ1) is 17.3. The minimum absolute atomic E-state index is 0.00866. The average molecular weight is 337 g/mol. The van der Waals surface area contributed by atoms with Crippen molar-refractivity contribution in [3.8, 4) is 17.6 Å². The number of sulfonamides is 1. The molecule has 0 aromatic heterocycles. The SMILES string of the molecule is CC#CCOc1ccc(S(=O)(=O)NOC(=O)C2CCCC2)cc1. The summed E-state index contributed by atoms with van der Waals surface area (Å²) in [5.41, 5.74) is 0. The smallest absolute Gasteiger partial charge is 0.329 e. The first-order valence-electron chi connectivity index (χ1n) is 7.38. The van der Waals surface area contributed by atoms with Gasteiger partial charge in [0.25, 0.3) is 10.0 Å². The molecule has 1 saturated carbocycles. The van der Waals surface area contributed by atoms with Crippen LogP contribution in [0.3, 0.4) is 0 Å². The molecule has 124 valence electrons. The van der Waals surface area contributed by atoms with E-state index < -0.39 is 16.0 Å². The summed E-state index contributed by atoms with van der Waals surface area (Å²) in [6, 6.07) is 5.79. The number of carbonyl (C=O) groups is 1. The summed E-state index contributed by atoms with van der Waals surface area (Å²) in [6.07, 6.45) is 3.42. The van der Waals surface area contributed by atoms with Crippen LogP contribution in [-0.4, -0.2) is 21.0 Å². The van der Waals surface area contributed by atoms with E-state index in [9.17, 15) is 13.2 Å². The maximum atomic E-state index is 12.1. The van der Waals surface area contributed by atoms with Crippen LogP contribution < -0.4 is 9.62 Å². The van der Waals surface area contributed by atoms with E-state index in [1.807, 2.05) is 4.89 Å². The molecule has 6 nitrogen and oxygen atoms in total. The first-order valence-corrected chi connectivity index (χ1v) is 8.86. The summed E-state index contributed by atoms with van der Waals surface area (Å²) in [7, 11) is -3.90. The highest BCUT2D eigenvalue weighted by Crippen LogP contribution is 2.25. The van der Waals surface area contributed by atoms with Crippen LogP contribution in [0, 0.1) is 17.8 Å². The Bertz CT molecular complexity index is 694. The molecule has 7 heteroatoms. The molecule has 0 unspecified atom stereocenters. The topological polar surface area (TPSA) is 81.7 Å². The van der Waals surface area contributed by atoms with Gasteiger partial charge in [-0.15, -0.1) is 5.92 Å². The Morgan fingerprint density at radius 3 is 2.52 bits per heavy atom. The Kier molecular flexibility index (Phi) is 6.02. The van der Waals surface area contributed by atoms with E-state index in [2.05, 4.69) is 11.8 Å². The van der Waals surface area contributed by atoms with Crippen LogP contribution in [0.25, 0.3) is 0 Å². The molecule has 1 aliphatic carbocycles. The lowest BCUT2D eigenvalue weighted by Gasteiger charge is -2.10. The van der Waals surface area contributed by atoms with E-state index in [4.69, 9.17) is 9.57 Å². The van der Waals surface area contributed by atoms with Gasteiger partial charge in [-0.05, 0) is 48.9 Å². The summed E-state index contributed by atoms with van der Waals surface area (Å²) >= 11 is 0. The molecule has 1 N–H and O–H groups in total. The Labute approximate surface area is 136 Å². The summed E-state index contributed by atoms with van der Waals surface area (Å²) in [5.74, 6) is 5.21. The summed E-state index contributed by atoms with van der Waals surface area (Å²) in [5, 5.41) is 0. The van der Waals surface area contributed by atoms with Gasteiger partial charge in [0.1, 0.15) is 12.4 Å². The number of benzene rings is 1. The van der Waals surface area contributed by atoms with Gasteiger partial charge in [0.15, 0.2) is 0 Å². The minimum atomic E-state index is -3.90. The molecule has 0 heterocycles. The van der Waals surface area contributed by atoms with Crippen LogP contribution in [0.2, 0.25) is 0 Å². The third-order valence-electron chi connectivity index (χ3n) is 3.56. The van der Waals surface area contributed by atoms with E-state index in [1.54, 1.807) is 6.92 Å². The van der Waals surface area contributed by atoms with Gasteiger partial charge in [0.05, 0.1) is 10.8 Å². The van der Waals surface area contributed by atoms with Gasteiger partial charge in [-0.1, -0.05) is 18.8 Å². The van der Waals surface area contributed by atoms with E-state index in [0.29, 0.717) is 5.75 Å². The standard InChI is InChI=1S/C16H19NO5S/c1-2-3-12-21-14-8-10-15(11-9-14)23(19,20)17-22-16(18)13-6-4-5-7-13/h8-11,13,17H,4-7,12H2,1H3. The fourth-order valence-corrected chi connectivity index (χ4v) is 3.08. The van der Waals surface area contributed by atoms with Crippen molar-refractivity contribution >= 4 is 16.0 Å². The van der Waals surface area contributed by atoms with Crippen LogP contribution in [0.4, 0.5) is 0 Å². The quantitative estimate of drug-likeness (QED) is 0.634. The molecule has 0 saturated heterocycles. The molecule has 0 radical (unpaired) electrons. The lowest BCUT2D eigenvalue weighted by Crippen LogP contribution is -2.30. The Morgan fingerprint density at radius 1 is 1.26 bits per heavy atom. The maximum absolute atomic E-state index is 12.1. The van der Waals surface area contributed by atoms with Crippen molar-refractivity contribution in [3.05, 3.63) is 24.3 Å². The van der Waals surface area contributed by atoms with Gasteiger partial charge < -0.3 is 9.57 Å². The van der Waals surface area contributed by atoms with Gasteiger partial charge in [-0.25, -0.2) is 8.42 Å². The Hall–Kier alpha value is -2.04. The lowest BCUT2D eigenvalue weighted by molar-refractivity contribution is -0.151. The molecular weight excluding hydrogens is 318 g/mol. The molecule has 0 aliphatic heterocycles. The van der Waals surface area contributed by atoms with Gasteiger partial charge in [-0.3, -0.25) is 4.79 Å². The number of nitrogens with one attached hydrogen (secondary N) is 1. The molecule has 2 rings (SSSR count). The largest absolute Gasteiger partial charge is 0.481 e. The summed E-state index contributed by atoms with van der Waals surface area (Å²) < 4.78 is 29.4. The summed E-state index contributed by atoms with van der Waals surface area (Å²) in [6.45, 7) is 1.94. The third-order valence-corrected chi connectivity index (χ3v) is 4.76. The van der Waals surface area contributed by atoms with Gasteiger partial charge in [0, 0.05) is 0 Å². The van der Waals surface area contributed by atoms with Crippen LogP contribution in [0.15, 0.2) is 29.2 Å². The van der Waals surface area contributed by atoms with Crippen LogP contribution in [0.1, 0.15) is 32.6 Å². The average Bonchev–Trinajstić information content (AvgIpc) is 3.08. The van der Waals surface area contributed by atoms with Crippen molar-refractivity contribution in [2.45, 2.75) is 37.5 Å². The highest BCUT2D eigenvalue weighted by Gasteiger charge is 2.26. The Morgan fingerprint density at radius 2 is 1.91 bits per heavy atom. The number of rotatable bonds is 6. The van der Waals surface area contributed by atoms with Gasteiger partial charge in [0.2, 0.25) is 0 Å². The number of hydrogen-bond acceptors (Lipinski definition) is 5. The second-order valence-electron chi connectivity index (χ2n) is 5.18. The molecule has 0 atom stereocenters. The molecule has 1 aromatic rings. The number of carbonyl (C=O) groups excluding carboxylic acids is 1.